The second-order valence-electron chi connectivity index (χ2n) is 8.29. The van der Waals surface area contributed by atoms with E-state index in [0.717, 1.165) is 58.6 Å². The molecule has 166 valence electrons. The molecule has 4 rings (SSSR count). The molecular formula is C26H26Cl2N2OS. The number of carbonyl (C=O) groups excluding carboxylic acids is 1. The first kappa shape index (κ1) is 23.0. The van der Waals surface area contributed by atoms with Gasteiger partial charge in [-0.15, -0.1) is 11.3 Å². The van der Waals surface area contributed by atoms with Crippen LogP contribution in [0.3, 0.4) is 0 Å². The fraction of sp³-hybridized carbons (Fsp3) is 0.308. The maximum atomic E-state index is 13.5. The molecule has 1 N–H and O–H groups in total. The van der Waals surface area contributed by atoms with Crippen molar-refractivity contribution in [2.45, 2.75) is 52.4 Å². The minimum absolute atomic E-state index is 0.0915. The van der Waals surface area contributed by atoms with Gasteiger partial charge in [0.05, 0.1) is 10.6 Å². The zero-order chi connectivity index (χ0) is 22.7. The standard InChI is InChI=1S/C26H26Cl2N2OS/c1-16-9-10-17(2)22(13-16)30-25(31)24-20-7-5-3-4-6-8-23(20)32-26(24)29-15-18-11-12-19(27)14-21(18)28/h9-15H,3-8H2,1-2H3,(H,30,31). The van der Waals surface area contributed by atoms with E-state index in [2.05, 4.69) is 11.4 Å². The lowest BCUT2D eigenvalue weighted by Gasteiger charge is -2.13. The van der Waals surface area contributed by atoms with Crippen LogP contribution in [0.2, 0.25) is 10.0 Å². The number of nitrogens with one attached hydrogen (secondary N) is 1. The van der Waals surface area contributed by atoms with Gasteiger partial charge in [-0.05, 0) is 74.4 Å². The third-order valence-corrected chi connectivity index (χ3v) is 7.57. The van der Waals surface area contributed by atoms with E-state index >= 15 is 0 Å². The van der Waals surface area contributed by atoms with E-state index in [4.69, 9.17) is 28.2 Å². The Labute approximate surface area is 203 Å². The van der Waals surface area contributed by atoms with Gasteiger partial charge in [0, 0.05) is 27.4 Å². The van der Waals surface area contributed by atoms with Crippen molar-refractivity contribution >= 4 is 57.3 Å². The van der Waals surface area contributed by atoms with Crippen LogP contribution in [0.4, 0.5) is 10.7 Å². The molecule has 1 heterocycles. The van der Waals surface area contributed by atoms with Crippen molar-refractivity contribution in [3.8, 4) is 0 Å². The summed E-state index contributed by atoms with van der Waals surface area (Å²) in [6.45, 7) is 4.04. The molecule has 0 bridgehead atoms. The van der Waals surface area contributed by atoms with Crippen LogP contribution in [0.15, 0.2) is 41.4 Å². The van der Waals surface area contributed by atoms with Crippen molar-refractivity contribution in [2.75, 3.05) is 5.32 Å². The molecule has 32 heavy (non-hydrogen) atoms. The summed E-state index contributed by atoms with van der Waals surface area (Å²) in [4.78, 5) is 19.6. The Morgan fingerprint density at radius 1 is 1.03 bits per heavy atom. The van der Waals surface area contributed by atoms with Gasteiger partial charge in [-0.25, -0.2) is 4.99 Å². The molecule has 0 unspecified atom stereocenters. The average Bonchev–Trinajstić information content (AvgIpc) is 3.06. The number of hydrogen-bond donors (Lipinski definition) is 1. The van der Waals surface area contributed by atoms with Crippen molar-refractivity contribution in [3.05, 3.63) is 79.1 Å². The monoisotopic (exact) mass is 484 g/mol. The number of rotatable bonds is 4. The summed E-state index contributed by atoms with van der Waals surface area (Å²) in [6, 6.07) is 11.4. The molecule has 6 heteroatoms. The largest absolute Gasteiger partial charge is 0.322 e. The van der Waals surface area contributed by atoms with Gasteiger partial charge in [0.25, 0.3) is 5.91 Å². The Kier molecular flexibility index (Phi) is 7.34. The van der Waals surface area contributed by atoms with Gasteiger partial charge in [-0.2, -0.15) is 0 Å². The molecular weight excluding hydrogens is 459 g/mol. The molecule has 1 aliphatic carbocycles. The Morgan fingerprint density at radius 3 is 2.59 bits per heavy atom. The number of anilines is 1. The van der Waals surface area contributed by atoms with Gasteiger partial charge in [0.1, 0.15) is 5.00 Å². The summed E-state index contributed by atoms with van der Waals surface area (Å²) in [5.74, 6) is -0.0915. The second kappa shape index (κ2) is 10.2. The summed E-state index contributed by atoms with van der Waals surface area (Å²) in [6.07, 6.45) is 8.33. The van der Waals surface area contributed by atoms with Crippen molar-refractivity contribution < 1.29 is 4.79 Å². The molecule has 3 aromatic rings. The van der Waals surface area contributed by atoms with Crippen LogP contribution in [0, 0.1) is 13.8 Å². The van der Waals surface area contributed by atoms with E-state index < -0.39 is 0 Å². The number of nitrogens with zero attached hydrogens (tertiary/aromatic N) is 1. The summed E-state index contributed by atoms with van der Waals surface area (Å²) in [5, 5.41) is 5.01. The molecule has 0 saturated carbocycles. The topological polar surface area (TPSA) is 41.5 Å². The Bertz CT molecular complexity index is 1180. The van der Waals surface area contributed by atoms with Crippen molar-refractivity contribution in [1.82, 2.24) is 0 Å². The number of benzene rings is 2. The van der Waals surface area contributed by atoms with E-state index in [1.807, 2.05) is 32.0 Å². The molecule has 0 saturated heterocycles. The molecule has 1 aromatic heterocycles. The minimum atomic E-state index is -0.0915. The smallest absolute Gasteiger partial charge is 0.259 e. The lowest BCUT2D eigenvalue weighted by Crippen LogP contribution is -2.15. The third-order valence-electron chi connectivity index (χ3n) is 5.80. The van der Waals surface area contributed by atoms with E-state index in [-0.39, 0.29) is 5.91 Å². The molecule has 0 fully saturated rings. The number of fused-ring (bicyclic) bond motifs is 1. The van der Waals surface area contributed by atoms with Crippen LogP contribution < -0.4 is 5.32 Å². The van der Waals surface area contributed by atoms with Gasteiger partial charge in [0.15, 0.2) is 0 Å². The minimum Gasteiger partial charge on any atom is -0.322 e. The van der Waals surface area contributed by atoms with Crippen LogP contribution in [0.25, 0.3) is 0 Å². The van der Waals surface area contributed by atoms with Gasteiger partial charge < -0.3 is 5.32 Å². The van der Waals surface area contributed by atoms with Crippen LogP contribution in [0.5, 0.6) is 0 Å². The summed E-state index contributed by atoms with van der Waals surface area (Å²) in [5.41, 5.74) is 5.64. The summed E-state index contributed by atoms with van der Waals surface area (Å²) in [7, 11) is 0. The fourth-order valence-electron chi connectivity index (χ4n) is 4.02. The van der Waals surface area contributed by atoms with Crippen molar-refractivity contribution in [3.63, 3.8) is 0 Å². The van der Waals surface area contributed by atoms with Crippen LogP contribution in [-0.4, -0.2) is 12.1 Å². The lowest BCUT2D eigenvalue weighted by molar-refractivity contribution is 0.102. The van der Waals surface area contributed by atoms with Gasteiger partial charge >= 0.3 is 0 Å². The highest BCUT2D eigenvalue weighted by molar-refractivity contribution is 7.16. The van der Waals surface area contributed by atoms with E-state index in [0.29, 0.717) is 15.6 Å². The highest BCUT2D eigenvalue weighted by Gasteiger charge is 2.24. The van der Waals surface area contributed by atoms with E-state index in [1.165, 1.54) is 17.7 Å². The van der Waals surface area contributed by atoms with Crippen LogP contribution in [0.1, 0.15) is 63.2 Å². The molecule has 3 nitrogen and oxygen atoms in total. The fourth-order valence-corrected chi connectivity index (χ4v) is 5.71. The van der Waals surface area contributed by atoms with Gasteiger partial charge in [-0.3, -0.25) is 4.79 Å². The first-order chi connectivity index (χ1) is 15.4. The molecule has 1 amide bonds. The third kappa shape index (κ3) is 5.25. The average molecular weight is 485 g/mol. The first-order valence-electron chi connectivity index (χ1n) is 10.9. The number of amides is 1. The highest BCUT2D eigenvalue weighted by Crippen LogP contribution is 2.39. The molecule has 2 aromatic carbocycles. The van der Waals surface area contributed by atoms with Crippen molar-refractivity contribution in [2.24, 2.45) is 4.99 Å². The second-order valence-corrected chi connectivity index (χ2v) is 10.2. The zero-order valence-corrected chi connectivity index (χ0v) is 20.6. The van der Waals surface area contributed by atoms with Gasteiger partial charge in [0.2, 0.25) is 0 Å². The maximum Gasteiger partial charge on any atom is 0.259 e. The number of aryl methyl sites for hydroxylation is 3. The Balaban J connectivity index is 1.74. The SMILES string of the molecule is Cc1ccc(C)c(NC(=O)c2c(N=Cc3ccc(Cl)cc3Cl)sc3c2CCCCCC3)c1. The van der Waals surface area contributed by atoms with Crippen LogP contribution in [-0.2, 0) is 12.8 Å². The quantitative estimate of drug-likeness (QED) is 0.371. The van der Waals surface area contributed by atoms with E-state index in [9.17, 15) is 4.79 Å². The Morgan fingerprint density at radius 2 is 1.81 bits per heavy atom. The van der Waals surface area contributed by atoms with Crippen LogP contribution >= 0.6 is 34.5 Å². The number of aliphatic imine (C=N–C) groups is 1. The molecule has 1 aliphatic rings. The number of carbonyl (C=O) groups is 1. The zero-order valence-electron chi connectivity index (χ0n) is 18.3. The predicted octanol–water partition coefficient (Wildman–Crippen LogP) is 8.33. The number of halogens is 2. The molecule has 0 radical (unpaired) electrons. The highest BCUT2D eigenvalue weighted by atomic mass is 35.5. The Hall–Kier alpha value is -2.14. The van der Waals surface area contributed by atoms with Crippen molar-refractivity contribution in [1.29, 1.82) is 0 Å². The summed E-state index contributed by atoms with van der Waals surface area (Å²) < 4.78 is 0. The van der Waals surface area contributed by atoms with Gasteiger partial charge in [-0.1, -0.05) is 54.2 Å². The molecule has 0 spiro atoms. The number of thiophene rings is 1. The lowest BCUT2D eigenvalue weighted by atomic mass is 9.96. The maximum absolute atomic E-state index is 13.5. The summed E-state index contributed by atoms with van der Waals surface area (Å²) >= 11 is 14.0. The molecule has 0 aliphatic heterocycles. The molecule has 0 atom stereocenters. The van der Waals surface area contributed by atoms with E-state index in [1.54, 1.807) is 29.7 Å². The number of hydrogen-bond acceptors (Lipinski definition) is 3. The first-order valence-corrected chi connectivity index (χ1v) is 12.5. The normalized spacial score (nSPS) is 14.1. The predicted molar refractivity (Wildman–Crippen MR) is 138 cm³/mol.